The lowest BCUT2D eigenvalue weighted by Crippen LogP contribution is -1.98. The summed E-state index contributed by atoms with van der Waals surface area (Å²) in [6.07, 6.45) is 1.86. The molecule has 0 spiro atoms. The van der Waals surface area contributed by atoms with Crippen LogP contribution in [0.3, 0.4) is 0 Å². The van der Waals surface area contributed by atoms with Crippen molar-refractivity contribution in [2.75, 3.05) is 0 Å². The Hall–Kier alpha value is -1.10. The molecule has 11 heavy (non-hydrogen) atoms. The van der Waals surface area contributed by atoms with Crippen LogP contribution in [-0.2, 0) is 11.2 Å². The molecule has 2 N–H and O–H groups in total. The van der Waals surface area contributed by atoms with Crippen LogP contribution >= 0.6 is 12.4 Å². The van der Waals surface area contributed by atoms with Crippen LogP contribution in [0.1, 0.15) is 12.2 Å². The van der Waals surface area contributed by atoms with Gasteiger partial charge in [0, 0.05) is 6.42 Å². The number of hydrogen-bond donors (Lipinski definition) is 2. The van der Waals surface area contributed by atoms with E-state index in [0.29, 0.717) is 12.2 Å². The standard InChI is InChI=1S/C5H7N3O2.ClH/c9-5(10)2-1-4-6-3-7-8-4;/h3H,1-2H2,(H,9,10)(H,6,7,8);1H. The highest BCUT2D eigenvalue weighted by molar-refractivity contribution is 5.85. The van der Waals surface area contributed by atoms with Crippen molar-refractivity contribution < 1.29 is 9.90 Å². The molecule has 1 heterocycles. The fourth-order valence-corrected chi connectivity index (χ4v) is 0.577. The van der Waals surface area contributed by atoms with Crippen LogP contribution in [0.25, 0.3) is 0 Å². The molecular weight excluding hydrogens is 170 g/mol. The smallest absolute Gasteiger partial charge is 0.303 e. The third kappa shape index (κ3) is 3.57. The minimum Gasteiger partial charge on any atom is -0.481 e. The van der Waals surface area contributed by atoms with Gasteiger partial charge in [-0.15, -0.1) is 12.4 Å². The summed E-state index contributed by atoms with van der Waals surface area (Å²) in [6, 6.07) is 0. The summed E-state index contributed by atoms with van der Waals surface area (Å²) in [5.41, 5.74) is 0. The molecule has 6 heteroatoms. The molecule has 1 aromatic rings. The van der Waals surface area contributed by atoms with Crippen LogP contribution in [0.15, 0.2) is 6.33 Å². The van der Waals surface area contributed by atoms with E-state index in [2.05, 4.69) is 15.2 Å². The van der Waals surface area contributed by atoms with Crippen LogP contribution in [0.2, 0.25) is 0 Å². The number of aromatic nitrogens is 3. The van der Waals surface area contributed by atoms with E-state index in [4.69, 9.17) is 5.11 Å². The zero-order chi connectivity index (χ0) is 7.40. The molecule has 5 nitrogen and oxygen atoms in total. The Morgan fingerprint density at radius 3 is 2.91 bits per heavy atom. The molecule has 1 rings (SSSR count). The Labute approximate surface area is 69.3 Å². The highest BCUT2D eigenvalue weighted by Gasteiger charge is 1.99. The SMILES string of the molecule is Cl.O=C(O)CCc1ncn[nH]1. The molecule has 0 fully saturated rings. The van der Waals surface area contributed by atoms with Gasteiger partial charge in [-0.05, 0) is 0 Å². The minimum atomic E-state index is -0.823. The molecule has 0 saturated carbocycles. The van der Waals surface area contributed by atoms with Crippen LogP contribution in [-0.4, -0.2) is 26.3 Å². The Morgan fingerprint density at radius 2 is 2.45 bits per heavy atom. The summed E-state index contributed by atoms with van der Waals surface area (Å²) >= 11 is 0. The quantitative estimate of drug-likeness (QED) is 0.694. The van der Waals surface area contributed by atoms with Crippen LogP contribution in [0.4, 0.5) is 0 Å². The molecule has 62 valence electrons. The first kappa shape index (κ1) is 9.90. The van der Waals surface area contributed by atoms with E-state index < -0.39 is 5.97 Å². The van der Waals surface area contributed by atoms with Gasteiger partial charge in [0.1, 0.15) is 12.2 Å². The molecule has 0 bridgehead atoms. The molecule has 0 aromatic carbocycles. The molecule has 0 amide bonds. The van der Waals surface area contributed by atoms with Crippen molar-refractivity contribution in [3.05, 3.63) is 12.2 Å². The van der Waals surface area contributed by atoms with Crippen molar-refractivity contribution in [3.8, 4) is 0 Å². The zero-order valence-corrected chi connectivity index (χ0v) is 6.47. The lowest BCUT2D eigenvalue weighted by molar-refractivity contribution is -0.137. The van der Waals surface area contributed by atoms with Crippen molar-refractivity contribution in [1.82, 2.24) is 15.2 Å². The van der Waals surface area contributed by atoms with Gasteiger partial charge in [0.15, 0.2) is 0 Å². The predicted octanol–water partition coefficient (Wildman–Crippen LogP) is 0.244. The van der Waals surface area contributed by atoms with Gasteiger partial charge in [0.2, 0.25) is 0 Å². The first-order chi connectivity index (χ1) is 4.79. The number of carboxylic acid groups (broad SMARTS) is 1. The van der Waals surface area contributed by atoms with E-state index >= 15 is 0 Å². The van der Waals surface area contributed by atoms with E-state index in [1.165, 1.54) is 6.33 Å². The largest absolute Gasteiger partial charge is 0.481 e. The zero-order valence-electron chi connectivity index (χ0n) is 5.65. The fourth-order valence-electron chi connectivity index (χ4n) is 0.577. The maximum Gasteiger partial charge on any atom is 0.303 e. The number of nitrogens with zero attached hydrogens (tertiary/aromatic N) is 2. The Bertz CT molecular complexity index is 212. The monoisotopic (exact) mass is 177 g/mol. The molecule has 0 saturated heterocycles. The number of nitrogens with one attached hydrogen (secondary N) is 1. The number of aryl methyl sites for hydroxylation is 1. The van der Waals surface area contributed by atoms with Gasteiger partial charge >= 0.3 is 5.97 Å². The van der Waals surface area contributed by atoms with Gasteiger partial charge in [0.25, 0.3) is 0 Å². The summed E-state index contributed by atoms with van der Waals surface area (Å²) in [6.45, 7) is 0. The molecule has 0 aliphatic carbocycles. The van der Waals surface area contributed by atoms with Crippen molar-refractivity contribution in [2.24, 2.45) is 0 Å². The number of rotatable bonds is 3. The topological polar surface area (TPSA) is 78.9 Å². The Balaban J connectivity index is 0.000001000. The lowest BCUT2D eigenvalue weighted by Gasteiger charge is -1.88. The second-order valence-corrected chi connectivity index (χ2v) is 1.83. The number of aliphatic carboxylic acids is 1. The molecular formula is C5H8ClN3O2. The van der Waals surface area contributed by atoms with Crippen LogP contribution in [0, 0.1) is 0 Å². The average molecular weight is 178 g/mol. The maximum atomic E-state index is 10.0. The lowest BCUT2D eigenvalue weighted by atomic mass is 10.3. The van der Waals surface area contributed by atoms with E-state index in [9.17, 15) is 4.79 Å². The Morgan fingerprint density at radius 1 is 1.73 bits per heavy atom. The van der Waals surface area contributed by atoms with Gasteiger partial charge in [-0.25, -0.2) is 4.98 Å². The average Bonchev–Trinajstić information content (AvgIpc) is 2.34. The summed E-state index contributed by atoms with van der Waals surface area (Å²) in [4.78, 5) is 13.8. The second-order valence-electron chi connectivity index (χ2n) is 1.83. The second kappa shape index (κ2) is 4.68. The number of carbonyl (C=O) groups is 1. The predicted molar refractivity (Wildman–Crippen MR) is 39.6 cm³/mol. The van der Waals surface area contributed by atoms with E-state index in [-0.39, 0.29) is 18.8 Å². The third-order valence-electron chi connectivity index (χ3n) is 1.04. The van der Waals surface area contributed by atoms with Gasteiger partial charge < -0.3 is 5.11 Å². The number of carboxylic acids is 1. The fraction of sp³-hybridized carbons (Fsp3) is 0.400. The Kier molecular flexibility index (Phi) is 4.21. The van der Waals surface area contributed by atoms with Gasteiger partial charge in [-0.3, -0.25) is 9.89 Å². The van der Waals surface area contributed by atoms with Gasteiger partial charge in [0.05, 0.1) is 6.42 Å². The first-order valence-corrected chi connectivity index (χ1v) is 2.85. The highest BCUT2D eigenvalue weighted by Crippen LogP contribution is 1.91. The van der Waals surface area contributed by atoms with Crippen molar-refractivity contribution in [2.45, 2.75) is 12.8 Å². The maximum absolute atomic E-state index is 10.0. The molecule has 1 aromatic heterocycles. The number of halogens is 1. The molecule has 0 unspecified atom stereocenters. The number of hydrogen-bond acceptors (Lipinski definition) is 3. The van der Waals surface area contributed by atoms with Gasteiger partial charge in [-0.2, -0.15) is 5.10 Å². The van der Waals surface area contributed by atoms with E-state index in [0.717, 1.165) is 0 Å². The first-order valence-electron chi connectivity index (χ1n) is 2.85. The summed E-state index contributed by atoms with van der Waals surface area (Å²) in [5, 5.41) is 14.4. The summed E-state index contributed by atoms with van der Waals surface area (Å²) < 4.78 is 0. The highest BCUT2D eigenvalue weighted by atomic mass is 35.5. The van der Waals surface area contributed by atoms with Gasteiger partial charge in [-0.1, -0.05) is 0 Å². The number of aromatic amines is 1. The van der Waals surface area contributed by atoms with Crippen molar-refractivity contribution in [1.29, 1.82) is 0 Å². The molecule has 0 atom stereocenters. The third-order valence-corrected chi connectivity index (χ3v) is 1.04. The summed E-state index contributed by atoms with van der Waals surface area (Å²) in [5.74, 6) is -0.209. The molecule has 0 aliphatic heterocycles. The number of H-pyrrole nitrogens is 1. The van der Waals surface area contributed by atoms with Crippen LogP contribution in [0.5, 0.6) is 0 Å². The van der Waals surface area contributed by atoms with E-state index in [1.54, 1.807) is 0 Å². The molecule has 0 aliphatic rings. The normalized spacial score (nSPS) is 8.73. The minimum absolute atomic E-state index is 0. The van der Waals surface area contributed by atoms with E-state index in [1.807, 2.05) is 0 Å². The molecule has 0 radical (unpaired) electrons. The van der Waals surface area contributed by atoms with Crippen molar-refractivity contribution in [3.63, 3.8) is 0 Å². The van der Waals surface area contributed by atoms with Crippen LogP contribution < -0.4 is 0 Å². The summed E-state index contributed by atoms with van der Waals surface area (Å²) in [7, 11) is 0. The van der Waals surface area contributed by atoms with Crippen molar-refractivity contribution >= 4 is 18.4 Å².